The predicted molar refractivity (Wildman–Crippen MR) is 70.7 cm³/mol. The van der Waals surface area contributed by atoms with Crippen molar-refractivity contribution in [2.75, 3.05) is 26.2 Å². The van der Waals surface area contributed by atoms with Crippen LogP contribution in [0.1, 0.15) is 39.5 Å². The van der Waals surface area contributed by atoms with Gasteiger partial charge in [0.1, 0.15) is 0 Å². The van der Waals surface area contributed by atoms with Crippen LogP contribution in [0.5, 0.6) is 0 Å². The van der Waals surface area contributed by atoms with Gasteiger partial charge in [0.05, 0.1) is 6.04 Å². The molecular weight excluding hydrogens is 214 g/mol. The van der Waals surface area contributed by atoms with E-state index >= 15 is 0 Å². The van der Waals surface area contributed by atoms with Gasteiger partial charge >= 0.3 is 0 Å². The van der Waals surface area contributed by atoms with Gasteiger partial charge in [-0.1, -0.05) is 6.92 Å². The zero-order valence-electron chi connectivity index (χ0n) is 11.2. The molecule has 1 aliphatic rings. The minimum Gasteiger partial charge on any atom is -0.355 e. The van der Waals surface area contributed by atoms with Crippen LogP contribution in [-0.4, -0.2) is 43.0 Å². The van der Waals surface area contributed by atoms with Gasteiger partial charge < -0.3 is 11.1 Å². The lowest BCUT2D eigenvalue weighted by atomic mass is 9.94. The van der Waals surface area contributed by atoms with E-state index < -0.39 is 0 Å². The van der Waals surface area contributed by atoms with Crippen LogP contribution in [0, 0.1) is 5.92 Å². The van der Waals surface area contributed by atoms with E-state index in [2.05, 4.69) is 17.1 Å². The molecule has 0 bridgehead atoms. The van der Waals surface area contributed by atoms with E-state index in [1.807, 2.05) is 6.92 Å². The van der Waals surface area contributed by atoms with E-state index in [1.54, 1.807) is 0 Å². The molecule has 1 amide bonds. The number of carbonyl (C=O) groups is 1. The van der Waals surface area contributed by atoms with E-state index in [1.165, 1.54) is 12.8 Å². The van der Waals surface area contributed by atoms with Crippen molar-refractivity contribution in [3.05, 3.63) is 0 Å². The zero-order valence-corrected chi connectivity index (χ0v) is 11.2. The third kappa shape index (κ3) is 4.64. The summed E-state index contributed by atoms with van der Waals surface area (Å²) in [7, 11) is 0. The fraction of sp³-hybridized carbons (Fsp3) is 0.923. The van der Waals surface area contributed by atoms with Crippen LogP contribution in [-0.2, 0) is 4.79 Å². The summed E-state index contributed by atoms with van der Waals surface area (Å²) in [5.74, 6) is 0.843. The largest absolute Gasteiger partial charge is 0.355 e. The molecule has 100 valence electrons. The second-order valence-corrected chi connectivity index (χ2v) is 5.05. The first-order chi connectivity index (χ1) is 8.19. The summed E-state index contributed by atoms with van der Waals surface area (Å²) < 4.78 is 0. The molecule has 2 unspecified atom stereocenters. The number of rotatable bonds is 6. The Morgan fingerprint density at radius 1 is 1.59 bits per heavy atom. The smallest absolute Gasteiger partial charge is 0.237 e. The Morgan fingerprint density at radius 2 is 2.35 bits per heavy atom. The summed E-state index contributed by atoms with van der Waals surface area (Å²) in [6.45, 7) is 7.69. The average molecular weight is 241 g/mol. The monoisotopic (exact) mass is 241 g/mol. The second-order valence-electron chi connectivity index (χ2n) is 5.05. The topological polar surface area (TPSA) is 58.4 Å². The first kappa shape index (κ1) is 14.5. The minimum absolute atomic E-state index is 0.00197. The molecule has 0 aromatic carbocycles. The average Bonchev–Trinajstić information content (AvgIpc) is 2.35. The van der Waals surface area contributed by atoms with Crippen molar-refractivity contribution in [3.8, 4) is 0 Å². The normalized spacial score (nSPS) is 23.4. The minimum atomic E-state index is 0.00197. The molecule has 1 rings (SSSR count). The fourth-order valence-corrected chi connectivity index (χ4v) is 2.48. The molecule has 0 aromatic heterocycles. The van der Waals surface area contributed by atoms with Crippen molar-refractivity contribution in [2.24, 2.45) is 11.7 Å². The molecule has 1 heterocycles. The van der Waals surface area contributed by atoms with Crippen molar-refractivity contribution in [1.82, 2.24) is 10.2 Å². The van der Waals surface area contributed by atoms with E-state index in [0.29, 0.717) is 5.92 Å². The Morgan fingerprint density at radius 3 is 3.00 bits per heavy atom. The van der Waals surface area contributed by atoms with Crippen molar-refractivity contribution < 1.29 is 4.79 Å². The van der Waals surface area contributed by atoms with Gasteiger partial charge in [0.2, 0.25) is 5.91 Å². The number of nitrogens with two attached hydrogens (primary N) is 1. The van der Waals surface area contributed by atoms with Gasteiger partial charge in [0.15, 0.2) is 0 Å². The predicted octanol–water partition coefficient (Wildman–Crippen LogP) is 0.962. The lowest BCUT2D eigenvalue weighted by molar-refractivity contribution is -0.126. The Labute approximate surface area is 105 Å². The number of likely N-dealkylation sites (tertiary alicyclic amines) is 1. The molecule has 0 saturated carbocycles. The molecule has 4 heteroatoms. The van der Waals surface area contributed by atoms with Crippen LogP contribution in [0.4, 0.5) is 0 Å². The van der Waals surface area contributed by atoms with Crippen LogP contribution in [0.2, 0.25) is 0 Å². The SMILES string of the molecule is CCCNC(=O)C(C)N1CCCC(CCN)C1. The fourth-order valence-electron chi connectivity index (χ4n) is 2.48. The van der Waals surface area contributed by atoms with Gasteiger partial charge in [-0.05, 0) is 51.6 Å². The van der Waals surface area contributed by atoms with Gasteiger partial charge in [-0.25, -0.2) is 0 Å². The molecule has 0 radical (unpaired) electrons. The molecule has 1 fully saturated rings. The number of nitrogens with one attached hydrogen (secondary N) is 1. The van der Waals surface area contributed by atoms with Crippen molar-refractivity contribution in [1.29, 1.82) is 0 Å². The van der Waals surface area contributed by atoms with Crippen molar-refractivity contribution >= 4 is 5.91 Å². The van der Waals surface area contributed by atoms with Gasteiger partial charge in [-0.15, -0.1) is 0 Å². The number of hydrogen-bond donors (Lipinski definition) is 2. The van der Waals surface area contributed by atoms with Crippen molar-refractivity contribution in [2.45, 2.75) is 45.6 Å². The molecule has 2 atom stereocenters. The molecule has 4 nitrogen and oxygen atoms in total. The summed E-state index contributed by atoms with van der Waals surface area (Å²) in [6, 6.07) is 0.00197. The number of nitrogens with zero attached hydrogens (tertiary/aromatic N) is 1. The van der Waals surface area contributed by atoms with Crippen LogP contribution >= 0.6 is 0 Å². The van der Waals surface area contributed by atoms with Gasteiger partial charge in [-0.2, -0.15) is 0 Å². The Hall–Kier alpha value is -0.610. The number of hydrogen-bond acceptors (Lipinski definition) is 3. The third-order valence-corrected chi connectivity index (χ3v) is 3.60. The Balaban J connectivity index is 2.39. The maximum absolute atomic E-state index is 11.9. The van der Waals surface area contributed by atoms with E-state index in [0.717, 1.165) is 39.0 Å². The molecule has 3 N–H and O–H groups in total. The molecule has 0 aromatic rings. The second kappa shape index (κ2) is 7.67. The number of carbonyl (C=O) groups excluding carboxylic acids is 1. The van der Waals surface area contributed by atoms with Gasteiger partial charge in [0, 0.05) is 13.1 Å². The summed E-state index contributed by atoms with van der Waals surface area (Å²) in [4.78, 5) is 14.2. The highest BCUT2D eigenvalue weighted by atomic mass is 16.2. The Bertz CT molecular complexity index is 231. The quantitative estimate of drug-likeness (QED) is 0.728. The first-order valence-electron chi connectivity index (χ1n) is 6.90. The highest BCUT2D eigenvalue weighted by Gasteiger charge is 2.26. The summed E-state index contributed by atoms with van der Waals surface area (Å²) >= 11 is 0. The highest BCUT2D eigenvalue weighted by Crippen LogP contribution is 2.20. The lowest BCUT2D eigenvalue weighted by Gasteiger charge is -2.36. The Kier molecular flexibility index (Phi) is 6.52. The van der Waals surface area contributed by atoms with Gasteiger partial charge in [0.25, 0.3) is 0 Å². The molecule has 1 saturated heterocycles. The summed E-state index contributed by atoms with van der Waals surface area (Å²) in [6.07, 6.45) is 4.53. The third-order valence-electron chi connectivity index (χ3n) is 3.60. The zero-order chi connectivity index (χ0) is 12.7. The van der Waals surface area contributed by atoms with Crippen LogP contribution < -0.4 is 11.1 Å². The molecule has 1 aliphatic heterocycles. The number of piperidine rings is 1. The highest BCUT2D eigenvalue weighted by molar-refractivity contribution is 5.81. The maximum atomic E-state index is 11.9. The first-order valence-corrected chi connectivity index (χ1v) is 6.90. The molecule has 17 heavy (non-hydrogen) atoms. The van der Waals surface area contributed by atoms with Crippen LogP contribution in [0.25, 0.3) is 0 Å². The number of amides is 1. The standard InChI is InChI=1S/C13H27N3O/c1-3-8-15-13(17)11(2)16-9-4-5-12(10-16)6-7-14/h11-12H,3-10,14H2,1-2H3,(H,15,17). The molecular formula is C13H27N3O. The van der Waals surface area contributed by atoms with Crippen molar-refractivity contribution in [3.63, 3.8) is 0 Å². The van der Waals surface area contributed by atoms with E-state index in [4.69, 9.17) is 5.73 Å². The van der Waals surface area contributed by atoms with E-state index in [-0.39, 0.29) is 11.9 Å². The van der Waals surface area contributed by atoms with Crippen LogP contribution in [0.3, 0.4) is 0 Å². The van der Waals surface area contributed by atoms with Gasteiger partial charge in [-0.3, -0.25) is 9.69 Å². The molecule has 0 spiro atoms. The molecule has 0 aliphatic carbocycles. The summed E-state index contributed by atoms with van der Waals surface area (Å²) in [5.41, 5.74) is 5.61. The van der Waals surface area contributed by atoms with E-state index in [9.17, 15) is 4.79 Å². The summed E-state index contributed by atoms with van der Waals surface area (Å²) in [5, 5.41) is 2.97. The maximum Gasteiger partial charge on any atom is 0.237 e. The van der Waals surface area contributed by atoms with Crippen LogP contribution in [0.15, 0.2) is 0 Å². The lowest BCUT2D eigenvalue weighted by Crippen LogP contribution is -2.49.